The highest BCUT2D eigenvalue weighted by atomic mass is 79.9. The van der Waals surface area contributed by atoms with Gasteiger partial charge in [-0.1, -0.05) is 29.3 Å². The van der Waals surface area contributed by atoms with Gasteiger partial charge in [-0.15, -0.1) is 0 Å². The second-order valence-electron chi connectivity index (χ2n) is 4.51. The fraction of sp³-hybridized carbons (Fsp3) is 0.286. The molecule has 5 nitrogen and oxygen atoms in total. The highest BCUT2D eigenvalue weighted by Gasteiger charge is 2.14. The zero-order valence-electron chi connectivity index (χ0n) is 11.4. The number of halogens is 1. The van der Waals surface area contributed by atoms with Gasteiger partial charge in [-0.25, -0.2) is 0 Å². The number of anilines is 3. The minimum Gasteiger partial charge on any atom is -0.394 e. The normalized spacial score (nSPS) is 10.3. The molecule has 3 N–H and O–H groups in total. The van der Waals surface area contributed by atoms with Gasteiger partial charge < -0.3 is 11.1 Å². The number of benzene rings is 1. The zero-order chi connectivity index (χ0) is 14.7. The minimum absolute atomic E-state index is 0.553. The first-order valence-corrected chi connectivity index (χ1v) is 7.14. The molecule has 0 atom stereocenters. The third-order valence-electron chi connectivity index (χ3n) is 3.00. The molecule has 0 aliphatic heterocycles. The molecule has 1 aromatic heterocycles. The molecule has 1 heterocycles. The molecule has 0 radical (unpaired) electrons. The third kappa shape index (κ3) is 2.78. The van der Waals surface area contributed by atoms with Crippen LogP contribution in [0, 0.1) is 11.3 Å². The number of hydrogen-bond acceptors (Lipinski definition) is 4. The number of nitriles is 1. The van der Waals surface area contributed by atoms with Gasteiger partial charge in [0.05, 0.1) is 22.6 Å². The summed E-state index contributed by atoms with van der Waals surface area (Å²) in [4.78, 5) is 0. The van der Waals surface area contributed by atoms with Crippen LogP contribution in [0.4, 0.5) is 17.2 Å². The van der Waals surface area contributed by atoms with E-state index in [9.17, 15) is 5.26 Å². The van der Waals surface area contributed by atoms with Crippen LogP contribution in [0.1, 0.15) is 24.6 Å². The summed E-state index contributed by atoms with van der Waals surface area (Å²) >= 11 is 3.35. The lowest BCUT2D eigenvalue weighted by atomic mass is 10.2. The Labute approximate surface area is 126 Å². The van der Waals surface area contributed by atoms with Gasteiger partial charge in [-0.05, 0) is 24.6 Å². The fourth-order valence-corrected chi connectivity index (χ4v) is 2.37. The van der Waals surface area contributed by atoms with Crippen molar-refractivity contribution in [2.24, 2.45) is 7.05 Å². The summed E-state index contributed by atoms with van der Waals surface area (Å²) in [6.07, 6.45) is 1.83. The summed E-state index contributed by atoms with van der Waals surface area (Å²) < 4.78 is 2.58. The second kappa shape index (κ2) is 5.97. The fourth-order valence-electron chi connectivity index (χ4n) is 2.01. The van der Waals surface area contributed by atoms with E-state index in [4.69, 9.17) is 5.73 Å². The molecule has 0 aliphatic rings. The summed E-state index contributed by atoms with van der Waals surface area (Å²) in [5.41, 5.74) is 8.91. The van der Waals surface area contributed by atoms with Crippen molar-refractivity contribution in [1.82, 2.24) is 9.78 Å². The van der Waals surface area contributed by atoms with E-state index in [-0.39, 0.29) is 0 Å². The first-order valence-electron chi connectivity index (χ1n) is 6.34. The first-order chi connectivity index (χ1) is 9.56. The predicted molar refractivity (Wildman–Crippen MR) is 83.8 cm³/mol. The Morgan fingerprint density at radius 1 is 1.50 bits per heavy atom. The van der Waals surface area contributed by atoms with Crippen LogP contribution in [0.5, 0.6) is 0 Å². The van der Waals surface area contributed by atoms with Crippen LogP contribution in [-0.2, 0) is 13.5 Å². The van der Waals surface area contributed by atoms with E-state index in [1.807, 2.05) is 19.2 Å². The van der Waals surface area contributed by atoms with Crippen LogP contribution < -0.4 is 11.1 Å². The molecule has 0 fully saturated rings. The molecule has 2 aromatic rings. The number of aromatic nitrogens is 2. The van der Waals surface area contributed by atoms with Crippen molar-refractivity contribution in [3.8, 4) is 6.07 Å². The van der Waals surface area contributed by atoms with E-state index < -0.39 is 0 Å². The van der Waals surface area contributed by atoms with Gasteiger partial charge in [0.25, 0.3) is 0 Å². The van der Waals surface area contributed by atoms with Crippen molar-refractivity contribution in [1.29, 1.82) is 5.26 Å². The Bertz CT molecular complexity index is 669. The number of nitrogens with zero attached hydrogens (tertiary/aromatic N) is 3. The van der Waals surface area contributed by atoms with E-state index in [1.54, 1.807) is 10.7 Å². The topological polar surface area (TPSA) is 79.7 Å². The van der Waals surface area contributed by atoms with Crippen molar-refractivity contribution < 1.29 is 0 Å². The molecule has 2 rings (SSSR count). The SMILES string of the molecule is CCCc1nn(C)c(Nc2ccc(Br)cc2C#N)c1N. The summed E-state index contributed by atoms with van der Waals surface area (Å²) in [6, 6.07) is 7.65. The number of hydrogen-bond donors (Lipinski definition) is 2. The van der Waals surface area contributed by atoms with Crippen molar-refractivity contribution >= 4 is 33.1 Å². The molecule has 104 valence electrons. The standard InChI is InChI=1S/C14H16BrN5/c1-3-4-12-13(17)14(20(2)19-12)18-11-6-5-10(15)7-9(11)8-16/h5-7,18H,3-4,17H2,1-2H3. The molecule has 0 saturated carbocycles. The lowest BCUT2D eigenvalue weighted by Gasteiger charge is -2.09. The van der Waals surface area contributed by atoms with E-state index in [2.05, 4.69) is 39.3 Å². The monoisotopic (exact) mass is 333 g/mol. The van der Waals surface area contributed by atoms with E-state index >= 15 is 0 Å². The lowest BCUT2D eigenvalue weighted by Crippen LogP contribution is -2.02. The lowest BCUT2D eigenvalue weighted by molar-refractivity contribution is 0.740. The number of nitrogens with one attached hydrogen (secondary N) is 1. The maximum atomic E-state index is 9.18. The quantitative estimate of drug-likeness (QED) is 0.899. The number of nitrogen functional groups attached to an aromatic ring is 1. The molecule has 20 heavy (non-hydrogen) atoms. The summed E-state index contributed by atoms with van der Waals surface area (Å²) in [7, 11) is 1.84. The molecule has 0 saturated heterocycles. The van der Waals surface area contributed by atoms with E-state index in [1.165, 1.54) is 0 Å². The maximum Gasteiger partial charge on any atom is 0.152 e. The van der Waals surface area contributed by atoms with Gasteiger partial charge in [0.15, 0.2) is 5.82 Å². The Morgan fingerprint density at radius 2 is 2.25 bits per heavy atom. The van der Waals surface area contributed by atoms with E-state index in [0.29, 0.717) is 22.8 Å². The molecule has 0 bridgehead atoms. The molecular formula is C14H16BrN5. The first kappa shape index (κ1) is 14.4. The molecule has 0 spiro atoms. The summed E-state index contributed by atoms with van der Waals surface area (Å²) in [6.45, 7) is 2.09. The largest absolute Gasteiger partial charge is 0.394 e. The van der Waals surface area contributed by atoms with Gasteiger partial charge >= 0.3 is 0 Å². The Hall–Kier alpha value is -2.00. The highest BCUT2D eigenvalue weighted by molar-refractivity contribution is 9.10. The number of aryl methyl sites for hydroxylation is 2. The van der Waals surface area contributed by atoms with Crippen LogP contribution in [0.3, 0.4) is 0 Å². The smallest absolute Gasteiger partial charge is 0.152 e. The number of nitrogens with two attached hydrogens (primary N) is 1. The van der Waals surface area contributed by atoms with Crippen molar-refractivity contribution in [3.63, 3.8) is 0 Å². The summed E-state index contributed by atoms with van der Waals surface area (Å²) in [5.74, 6) is 0.715. The Balaban J connectivity index is 2.38. The van der Waals surface area contributed by atoms with Gasteiger partial charge in [-0.3, -0.25) is 4.68 Å². The van der Waals surface area contributed by atoms with Crippen LogP contribution in [0.2, 0.25) is 0 Å². The minimum atomic E-state index is 0.553. The average molecular weight is 334 g/mol. The summed E-state index contributed by atoms with van der Waals surface area (Å²) in [5, 5.41) is 16.8. The van der Waals surface area contributed by atoms with Gasteiger partial charge in [0, 0.05) is 11.5 Å². The molecule has 6 heteroatoms. The van der Waals surface area contributed by atoms with Crippen molar-refractivity contribution in [3.05, 3.63) is 33.9 Å². The number of rotatable bonds is 4. The third-order valence-corrected chi connectivity index (χ3v) is 3.50. The second-order valence-corrected chi connectivity index (χ2v) is 5.42. The Kier molecular flexibility index (Phi) is 4.30. The van der Waals surface area contributed by atoms with E-state index in [0.717, 1.165) is 23.0 Å². The Morgan fingerprint density at radius 3 is 2.90 bits per heavy atom. The van der Waals surface area contributed by atoms with Crippen molar-refractivity contribution in [2.45, 2.75) is 19.8 Å². The molecule has 0 amide bonds. The average Bonchev–Trinajstić information content (AvgIpc) is 2.68. The van der Waals surface area contributed by atoms with Crippen LogP contribution >= 0.6 is 15.9 Å². The molecule has 0 unspecified atom stereocenters. The van der Waals surface area contributed by atoms with Crippen LogP contribution in [0.15, 0.2) is 22.7 Å². The van der Waals surface area contributed by atoms with Gasteiger partial charge in [0.1, 0.15) is 6.07 Å². The zero-order valence-corrected chi connectivity index (χ0v) is 13.0. The molecular weight excluding hydrogens is 318 g/mol. The maximum absolute atomic E-state index is 9.18. The van der Waals surface area contributed by atoms with Crippen LogP contribution in [0.25, 0.3) is 0 Å². The molecule has 1 aromatic carbocycles. The van der Waals surface area contributed by atoms with Crippen LogP contribution in [-0.4, -0.2) is 9.78 Å². The highest BCUT2D eigenvalue weighted by Crippen LogP contribution is 2.29. The predicted octanol–water partition coefficient (Wildman–Crippen LogP) is 3.33. The molecule has 0 aliphatic carbocycles. The van der Waals surface area contributed by atoms with Gasteiger partial charge in [-0.2, -0.15) is 10.4 Å². The van der Waals surface area contributed by atoms with Crippen molar-refractivity contribution in [2.75, 3.05) is 11.1 Å². The van der Waals surface area contributed by atoms with Gasteiger partial charge in [0.2, 0.25) is 0 Å².